The highest BCUT2D eigenvalue weighted by molar-refractivity contribution is 5.86. The summed E-state index contributed by atoms with van der Waals surface area (Å²) in [5.41, 5.74) is 2.41. The Morgan fingerprint density at radius 1 is 1.40 bits per heavy atom. The van der Waals surface area contributed by atoms with Gasteiger partial charge in [-0.1, -0.05) is 6.92 Å². The van der Waals surface area contributed by atoms with Gasteiger partial charge in [-0.25, -0.2) is 9.97 Å². The average Bonchev–Trinajstić information content (AvgIpc) is 3.10. The molecule has 2 atom stereocenters. The molecule has 6 heteroatoms. The number of anilines is 1. The van der Waals surface area contributed by atoms with E-state index in [4.69, 9.17) is 14.3 Å². The van der Waals surface area contributed by atoms with Gasteiger partial charge in [0.05, 0.1) is 25.1 Å². The van der Waals surface area contributed by atoms with Gasteiger partial charge in [0.1, 0.15) is 11.8 Å². The fourth-order valence-electron chi connectivity index (χ4n) is 2.54. The van der Waals surface area contributed by atoms with Crippen molar-refractivity contribution in [2.24, 2.45) is 0 Å². The van der Waals surface area contributed by atoms with Crippen LogP contribution in [0.3, 0.4) is 0 Å². The van der Waals surface area contributed by atoms with E-state index in [0.29, 0.717) is 5.58 Å². The first-order valence-electron chi connectivity index (χ1n) is 7.05. The Morgan fingerprint density at radius 3 is 3.05 bits per heavy atom. The average molecular weight is 277 g/mol. The van der Waals surface area contributed by atoms with Crippen LogP contribution in [0.2, 0.25) is 0 Å². The van der Waals surface area contributed by atoms with Crippen LogP contribution in [0.1, 0.15) is 37.9 Å². The quantitative estimate of drug-likeness (QED) is 0.872. The van der Waals surface area contributed by atoms with Crippen LogP contribution >= 0.6 is 0 Å². The van der Waals surface area contributed by atoms with Crippen molar-refractivity contribution in [3.63, 3.8) is 0 Å². The van der Waals surface area contributed by atoms with E-state index in [1.54, 1.807) is 6.26 Å². The van der Waals surface area contributed by atoms with E-state index in [9.17, 15) is 0 Å². The SMILES string of the molecule is CCCNc1ncnc2c(C3CCC(CO)O3)coc12. The first kappa shape index (κ1) is 13.3. The molecule has 1 aliphatic rings. The zero-order chi connectivity index (χ0) is 13.9. The van der Waals surface area contributed by atoms with Crippen molar-refractivity contribution in [1.82, 2.24) is 9.97 Å². The topological polar surface area (TPSA) is 80.4 Å². The molecule has 1 fully saturated rings. The van der Waals surface area contributed by atoms with Gasteiger partial charge in [-0.05, 0) is 19.3 Å². The summed E-state index contributed by atoms with van der Waals surface area (Å²) in [4.78, 5) is 8.54. The van der Waals surface area contributed by atoms with Crippen molar-refractivity contribution in [3.05, 3.63) is 18.2 Å². The fourth-order valence-corrected chi connectivity index (χ4v) is 2.54. The third kappa shape index (κ3) is 2.36. The molecule has 0 aliphatic carbocycles. The number of fused-ring (bicyclic) bond motifs is 1. The smallest absolute Gasteiger partial charge is 0.194 e. The lowest BCUT2D eigenvalue weighted by atomic mass is 10.1. The second-order valence-electron chi connectivity index (χ2n) is 5.02. The molecule has 0 spiro atoms. The normalized spacial score (nSPS) is 22.5. The molecule has 2 N–H and O–H groups in total. The molecule has 6 nitrogen and oxygen atoms in total. The Morgan fingerprint density at radius 2 is 2.30 bits per heavy atom. The second kappa shape index (κ2) is 5.76. The number of aliphatic hydroxyl groups is 1. The molecule has 1 saturated heterocycles. The van der Waals surface area contributed by atoms with Crippen LogP contribution in [0.15, 0.2) is 17.0 Å². The molecule has 0 bridgehead atoms. The van der Waals surface area contributed by atoms with Gasteiger partial charge in [0.2, 0.25) is 0 Å². The van der Waals surface area contributed by atoms with Crippen molar-refractivity contribution in [2.45, 2.75) is 38.4 Å². The van der Waals surface area contributed by atoms with Gasteiger partial charge in [-0.3, -0.25) is 0 Å². The van der Waals surface area contributed by atoms with Crippen molar-refractivity contribution >= 4 is 16.9 Å². The van der Waals surface area contributed by atoms with Gasteiger partial charge < -0.3 is 19.6 Å². The highest BCUT2D eigenvalue weighted by Gasteiger charge is 2.29. The molecule has 0 amide bonds. The van der Waals surface area contributed by atoms with E-state index in [0.717, 1.165) is 42.7 Å². The minimum absolute atomic E-state index is 0.0534. The first-order valence-corrected chi connectivity index (χ1v) is 7.05. The van der Waals surface area contributed by atoms with Crippen LogP contribution < -0.4 is 5.32 Å². The van der Waals surface area contributed by atoms with Crippen LogP contribution in [0, 0.1) is 0 Å². The fraction of sp³-hybridized carbons (Fsp3) is 0.571. The summed E-state index contributed by atoms with van der Waals surface area (Å²) < 4.78 is 11.4. The summed E-state index contributed by atoms with van der Waals surface area (Å²) in [5, 5.41) is 12.4. The summed E-state index contributed by atoms with van der Waals surface area (Å²) in [5.74, 6) is 0.722. The van der Waals surface area contributed by atoms with Gasteiger partial charge in [0, 0.05) is 12.1 Å². The summed E-state index contributed by atoms with van der Waals surface area (Å²) in [6.07, 6.45) is 5.86. The Labute approximate surface area is 117 Å². The molecule has 3 heterocycles. The third-order valence-electron chi connectivity index (χ3n) is 3.58. The van der Waals surface area contributed by atoms with Crippen LogP contribution in [-0.2, 0) is 4.74 Å². The van der Waals surface area contributed by atoms with Gasteiger partial charge in [-0.15, -0.1) is 0 Å². The standard InChI is InChI=1S/C14H19N3O3/c1-2-5-15-14-13-12(16-8-17-14)10(7-19-13)11-4-3-9(6-18)20-11/h7-9,11,18H,2-6H2,1H3,(H,15,16,17). The second-order valence-corrected chi connectivity index (χ2v) is 5.02. The van der Waals surface area contributed by atoms with Crippen molar-refractivity contribution < 1.29 is 14.3 Å². The van der Waals surface area contributed by atoms with Gasteiger partial charge in [0.25, 0.3) is 0 Å². The van der Waals surface area contributed by atoms with E-state index < -0.39 is 0 Å². The number of nitrogens with zero attached hydrogens (tertiary/aromatic N) is 2. The highest BCUT2D eigenvalue weighted by atomic mass is 16.5. The predicted octanol–water partition coefficient (Wildman–Crippen LogP) is 2.26. The minimum atomic E-state index is -0.0792. The van der Waals surface area contributed by atoms with Crippen LogP contribution in [0.5, 0.6) is 0 Å². The number of hydrogen-bond donors (Lipinski definition) is 2. The summed E-state index contributed by atoms with van der Waals surface area (Å²) in [6.45, 7) is 3.00. The Bertz CT molecular complexity index is 584. The molecule has 3 rings (SSSR count). The number of hydrogen-bond acceptors (Lipinski definition) is 6. The number of nitrogens with one attached hydrogen (secondary N) is 1. The van der Waals surface area contributed by atoms with Crippen molar-refractivity contribution in [3.8, 4) is 0 Å². The molecule has 0 radical (unpaired) electrons. The van der Waals surface area contributed by atoms with Gasteiger partial charge in [0.15, 0.2) is 11.4 Å². The maximum atomic E-state index is 9.15. The Hall–Kier alpha value is -1.66. The first-order chi connectivity index (χ1) is 9.83. The minimum Gasteiger partial charge on any atom is -0.458 e. The van der Waals surface area contributed by atoms with E-state index in [1.807, 2.05) is 0 Å². The Balaban J connectivity index is 1.90. The number of aromatic nitrogens is 2. The maximum Gasteiger partial charge on any atom is 0.194 e. The van der Waals surface area contributed by atoms with Gasteiger partial charge in [-0.2, -0.15) is 0 Å². The molecule has 0 aromatic carbocycles. The molecule has 108 valence electrons. The molecule has 2 unspecified atom stereocenters. The molecule has 2 aromatic rings. The van der Waals surface area contributed by atoms with E-state index in [2.05, 4.69) is 22.2 Å². The van der Waals surface area contributed by atoms with Crippen LogP contribution in [0.4, 0.5) is 5.82 Å². The lowest BCUT2D eigenvalue weighted by Gasteiger charge is -2.10. The van der Waals surface area contributed by atoms with E-state index >= 15 is 0 Å². The molecule has 20 heavy (non-hydrogen) atoms. The van der Waals surface area contributed by atoms with Crippen LogP contribution in [-0.4, -0.2) is 34.3 Å². The zero-order valence-corrected chi connectivity index (χ0v) is 11.5. The highest BCUT2D eigenvalue weighted by Crippen LogP contribution is 2.37. The van der Waals surface area contributed by atoms with E-state index in [-0.39, 0.29) is 18.8 Å². The molecular formula is C14H19N3O3. The van der Waals surface area contributed by atoms with Crippen LogP contribution in [0.25, 0.3) is 11.1 Å². The van der Waals surface area contributed by atoms with Crippen molar-refractivity contribution in [1.29, 1.82) is 0 Å². The van der Waals surface area contributed by atoms with Crippen molar-refractivity contribution in [2.75, 3.05) is 18.5 Å². The predicted molar refractivity (Wildman–Crippen MR) is 74.5 cm³/mol. The molecule has 2 aromatic heterocycles. The maximum absolute atomic E-state index is 9.15. The number of aliphatic hydroxyl groups excluding tert-OH is 1. The lowest BCUT2D eigenvalue weighted by Crippen LogP contribution is -2.11. The monoisotopic (exact) mass is 277 g/mol. The number of furan rings is 1. The summed E-state index contributed by atoms with van der Waals surface area (Å²) in [7, 11) is 0. The van der Waals surface area contributed by atoms with E-state index in [1.165, 1.54) is 6.33 Å². The Kier molecular flexibility index (Phi) is 3.84. The molecular weight excluding hydrogens is 258 g/mol. The molecule has 1 aliphatic heterocycles. The third-order valence-corrected chi connectivity index (χ3v) is 3.58. The van der Waals surface area contributed by atoms with Gasteiger partial charge >= 0.3 is 0 Å². The lowest BCUT2D eigenvalue weighted by molar-refractivity contribution is 0.0112. The number of ether oxygens (including phenoxy) is 1. The summed E-state index contributed by atoms with van der Waals surface area (Å²) in [6, 6.07) is 0. The largest absolute Gasteiger partial charge is 0.458 e. The number of rotatable bonds is 5. The molecule has 0 saturated carbocycles. The summed E-state index contributed by atoms with van der Waals surface area (Å²) >= 11 is 0. The zero-order valence-electron chi connectivity index (χ0n) is 11.5.